The lowest BCUT2D eigenvalue weighted by Crippen LogP contribution is -2.08. The zero-order chi connectivity index (χ0) is 11.9. The van der Waals surface area contributed by atoms with Gasteiger partial charge in [0.15, 0.2) is 0 Å². The minimum atomic E-state index is -0.386. The second-order valence-corrected chi connectivity index (χ2v) is 5.57. The molecule has 0 N–H and O–H groups in total. The molecule has 1 fully saturated rings. The SMILES string of the molecule is C/C1=C/C(=O)C(=O)/C=C/C2C(CC1)C2(C)C. The van der Waals surface area contributed by atoms with Crippen molar-refractivity contribution in [3.8, 4) is 0 Å². The van der Waals surface area contributed by atoms with E-state index >= 15 is 0 Å². The molecule has 0 aromatic carbocycles. The molecular weight excluding hydrogens is 200 g/mol. The maximum absolute atomic E-state index is 11.5. The Balaban J connectivity index is 2.24. The van der Waals surface area contributed by atoms with Crippen molar-refractivity contribution in [1.29, 1.82) is 0 Å². The van der Waals surface area contributed by atoms with Crippen molar-refractivity contribution in [3.63, 3.8) is 0 Å². The third kappa shape index (κ3) is 1.89. The van der Waals surface area contributed by atoms with E-state index in [4.69, 9.17) is 0 Å². The summed E-state index contributed by atoms with van der Waals surface area (Å²) < 4.78 is 0. The van der Waals surface area contributed by atoms with Crippen LogP contribution in [-0.4, -0.2) is 11.6 Å². The lowest BCUT2D eigenvalue weighted by molar-refractivity contribution is -0.131. The van der Waals surface area contributed by atoms with Crippen LogP contribution in [0.2, 0.25) is 0 Å². The molecule has 2 nitrogen and oxygen atoms in total. The quantitative estimate of drug-likeness (QED) is 0.586. The number of fused-ring (bicyclic) bond motifs is 1. The lowest BCUT2D eigenvalue weighted by Gasteiger charge is -2.03. The zero-order valence-electron chi connectivity index (χ0n) is 10.1. The Labute approximate surface area is 96.4 Å². The molecule has 0 aliphatic heterocycles. The van der Waals surface area contributed by atoms with Gasteiger partial charge >= 0.3 is 0 Å². The van der Waals surface area contributed by atoms with Gasteiger partial charge in [-0.25, -0.2) is 0 Å². The molecule has 86 valence electrons. The van der Waals surface area contributed by atoms with Crippen molar-refractivity contribution in [2.24, 2.45) is 17.3 Å². The van der Waals surface area contributed by atoms with E-state index in [9.17, 15) is 9.59 Å². The third-order valence-electron chi connectivity index (χ3n) is 4.06. The van der Waals surface area contributed by atoms with Crippen LogP contribution >= 0.6 is 0 Å². The minimum absolute atomic E-state index is 0.296. The van der Waals surface area contributed by atoms with Crippen LogP contribution in [-0.2, 0) is 9.59 Å². The first-order chi connectivity index (χ1) is 7.43. The molecule has 0 bridgehead atoms. The molecule has 0 amide bonds. The number of rotatable bonds is 0. The van der Waals surface area contributed by atoms with Crippen molar-refractivity contribution in [3.05, 3.63) is 23.8 Å². The molecule has 16 heavy (non-hydrogen) atoms. The molecule has 0 spiro atoms. The fourth-order valence-electron chi connectivity index (χ4n) is 2.74. The van der Waals surface area contributed by atoms with E-state index in [1.54, 1.807) is 0 Å². The molecule has 2 heteroatoms. The molecule has 2 aliphatic carbocycles. The topological polar surface area (TPSA) is 34.1 Å². The van der Waals surface area contributed by atoms with Crippen LogP contribution in [0.25, 0.3) is 0 Å². The van der Waals surface area contributed by atoms with Gasteiger partial charge in [0.2, 0.25) is 11.6 Å². The number of allylic oxidation sites excluding steroid dienone is 4. The second-order valence-electron chi connectivity index (χ2n) is 5.57. The molecule has 0 heterocycles. The second kappa shape index (κ2) is 3.69. The Morgan fingerprint density at radius 3 is 2.62 bits per heavy atom. The molecular formula is C14H18O2. The van der Waals surface area contributed by atoms with E-state index in [1.165, 1.54) is 12.2 Å². The van der Waals surface area contributed by atoms with E-state index in [0.29, 0.717) is 17.3 Å². The molecule has 1 saturated carbocycles. The number of carbonyl (C=O) groups is 2. The minimum Gasteiger partial charge on any atom is -0.286 e. The summed E-state index contributed by atoms with van der Waals surface area (Å²) in [7, 11) is 0. The number of ketones is 2. The maximum atomic E-state index is 11.5. The van der Waals surface area contributed by atoms with Crippen LogP contribution in [0.15, 0.2) is 23.8 Å². The standard InChI is InChI=1S/C14H18O2/c1-9-4-5-10-11(14(10,2)3)6-7-12(15)13(16)8-9/h6-8,10-11H,4-5H2,1-3H3/b7-6+,9-8-. The van der Waals surface area contributed by atoms with Gasteiger partial charge in [0.05, 0.1) is 0 Å². The summed E-state index contributed by atoms with van der Waals surface area (Å²) in [6.07, 6.45) is 6.93. The molecule has 0 aromatic heterocycles. The first-order valence-electron chi connectivity index (χ1n) is 5.86. The van der Waals surface area contributed by atoms with E-state index in [-0.39, 0.29) is 11.6 Å². The Morgan fingerprint density at radius 1 is 1.25 bits per heavy atom. The van der Waals surface area contributed by atoms with Crippen LogP contribution in [0.1, 0.15) is 33.6 Å². The zero-order valence-corrected chi connectivity index (χ0v) is 10.1. The van der Waals surface area contributed by atoms with Gasteiger partial charge in [-0.15, -0.1) is 0 Å². The van der Waals surface area contributed by atoms with Crippen LogP contribution < -0.4 is 0 Å². The van der Waals surface area contributed by atoms with E-state index in [2.05, 4.69) is 13.8 Å². The summed E-state index contributed by atoms with van der Waals surface area (Å²) >= 11 is 0. The van der Waals surface area contributed by atoms with Gasteiger partial charge < -0.3 is 0 Å². The van der Waals surface area contributed by atoms with Crippen molar-refractivity contribution in [1.82, 2.24) is 0 Å². The third-order valence-corrected chi connectivity index (χ3v) is 4.06. The lowest BCUT2D eigenvalue weighted by atomic mass is 10.0. The van der Waals surface area contributed by atoms with Crippen molar-refractivity contribution >= 4 is 11.6 Å². The van der Waals surface area contributed by atoms with Crippen molar-refractivity contribution in [2.75, 3.05) is 0 Å². The number of hydrogen-bond acceptors (Lipinski definition) is 2. The largest absolute Gasteiger partial charge is 0.286 e. The highest BCUT2D eigenvalue weighted by Crippen LogP contribution is 2.61. The van der Waals surface area contributed by atoms with E-state index < -0.39 is 0 Å². The predicted molar refractivity (Wildman–Crippen MR) is 62.9 cm³/mol. The number of carbonyl (C=O) groups excluding carboxylic acids is 2. The predicted octanol–water partition coefficient (Wildman–Crippen LogP) is 2.69. The monoisotopic (exact) mass is 218 g/mol. The van der Waals surface area contributed by atoms with E-state index in [1.807, 2.05) is 13.0 Å². The highest BCUT2D eigenvalue weighted by Gasteiger charge is 2.55. The Morgan fingerprint density at radius 2 is 1.94 bits per heavy atom. The first-order valence-corrected chi connectivity index (χ1v) is 5.86. The Kier molecular flexibility index (Phi) is 2.61. The molecule has 0 radical (unpaired) electrons. The number of hydrogen-bond donors (Lipinski definition) is 0. The molecule has 0 aromatic rings. The van der Waals surface area contributed by atoms with E-state index in [0.717, 1.165) is 18.4 Å². The Bertz CT molecular complexity index is 399. The fourth-order valence-corrected chi connectivity index (χ4v) is 2.74. The molecule has 2 unspecified atom stereocenters. The van der Waals surface area contributed by atoms with Gasteiger partial charge in [-0.2, -0.15) is 0 Å². The molecule has 0 saturated heterocycles. The summed E-state index contributed by atoms with van der Waals surface area (Å²) in [5, 5.41) is 0. The normalized spacial score (nSPS) is 38.3. The summed E-state index contributed by atoms with van der Waals surface area (Å²) in [5.74, 6) is 0.358. The van der Waals surface area contributed by atoms with Gasteiger partial charge in [-0.3, -0.25) is 9.59 Å². The fraction of sp³-hybridized carbons (Fsp3) is 0.571. The van der Waals surface area contributed by atoms with Crippen molar-refractivity contribution < 1.29 is 9.59 Å². The smallest absolute Gasteiger partial charge is 0.225 e. The van der Waals surface area contributed by atoms with Gasteiger partial charge in [0, 0.05) is 0 Å². The van der Waals surface area contributed by atoms with Gasteiger partial charge in [0.25, 0.3) is 0 Å². The molecule has 2 atom stereocenters. The maximum Gasteiger partial charge on any atom is 0.225 e. The summed E-state index contributed by atoms with van der Waals surface area (Å²) in [6, 6.07) is 0. The summed E-state index contributed by atoms with van der Waals surface area (Å²) in [4.78, 5) is 22.9. The van der Waals surface area contributed by atoms with Crippen LogP contribution in [0.4, 0.5) is 0 Å². The molecule has 2 rings (SSSR count). The van der Waals surface area contributed by atoms with Gasteiger partial charge in [-0.1, -0.05) is 25.5 Å². The summed E-state index contributed by atoms with van der Waals surface area (Å²) in [5.41, 5.74) is 1.32. The average Bonchev–Trinajstić information content (AvgIpc) is 2.72. The van der Waals surface area contributed by atoms with Crippen LogP contribution in [0.3, 0.4) is 0 Å². The van der Waals surface area contributed by atoms with Gasteiger partial charge in [-0.05, 0) is 49.2 Å². The highest BCUT2D eigenvalue weighted by atomic mass is 16.2. The van der Waals surface area contributed by atoms with Crippen molar-refractivity contribution in [2.45, 2.75) is 33.6 Å². The summed E-state index contributed by atoms with van der Waals surface area (Å²) in [6.45, 7) is 6.40. The van der Waals surface area contributed by atoms with Crippen LogP contribution in [0.5, 0.6) is 0 Å². The molecule has 2 aliphatic rings. The van der Waals surface area contributed by atoms with Crippen LogP contribution in [0, 0.1) is 17.3 Å². The Hall–Kier alpha value is -1.18. The highest BCUT2D eigenvalue weighted by molar-refractivity contribution is 6.45. The van der Waals surface area contributed by atoms with Gasteiger partial charge in [0.1, 0.15) is 0 Å². The first kappa shape index (κ1) is 11.3. The average molecular weight is 218 g/mol.